The lowest BCUT2D eigenvalue weighted by atomic mass is 10.1. The molecule has 0 fully saturated rings. The van der Waals surface area contributed by atoms with Crippen molar-refractivity contribution in [1.29, 1.82) is 0 Å². The van der Waals surface area contributed by atoms with Crippen LogP contribution >= 0.6 is 0 Å². The molecule has 3 heteroatoms. The lowest BCUT2D eigenvalue weighted by molar-refractivity contribution is 0.190. The van der Waals surface area contributed by atoms with Crippen LogP contribution in [-0.2, 0) is 22.4 Å². The molecule has 18 heavy (non-hydrogen) atoms. The maximum absolute atomic E-state index is 5.42. The van der Waals surface area contributed by atoms with E-state index in [4.69, 9.17) is 9.47 Å². The van der Waals surface area contributed by atoms with Crippen molar-refractivity contribution < 1.29 is 9.47 Å². The molecule has 1 rings (SSSR count). The first-order valence-corrected chi connectivity index (χ1v) is 6.55. The molecule has 1 aromatic heterocycles. The Morgan fingerprint density at radius 3 is 2.72 bits per heavy atom. The average Bonchev–Trinajstić information content (AvgIpc) is 2.57. The first-order chi connectivity index (χ1) is 8.60. The summed E-state index contributed by atoms with van der Waals surface area (Å²) in [6.45, 7) is 12.7. The minimum absolute atomic E-state index is 0.686. The fourth-order valence-corrected chi connectivity index (χ4v) is 2.23. The number of hydrogen-bond acceptors (Lipinski definition) is 2. The smallest absolute Gasteiger partial charge is 0.0932 e. The summed E-state index contributed by atoms with van der Waals surface area (Å²) in [4.78, 5) is 0. The van der Waals surface area contributed by atoms with E-state index in [1.165, 1.54) is 17.0 Å². The van der Waals surface area contributed by atoms with Crippen LogP contribution in [0.15, 0.2) is 18.4 Å². The van der Waals surface area contributed by atoms with E-state index in [0.29, 0.717) is 6.61 Å². The van der Waals surface area contributed by atoms with Gasteiger partial charge < -0.3 is 14.0 Å². The van der Waals surface area contributed by atoms with Crippen molar-refractivity contribution >= 4 is 0 Å². The zero-order chi connectivity index (χ0) is 13.5. The topological polar surface area (TPSA) is 23.4 Å². The van der Waals surface area contributed by atoms with E-state index in [0.717, 1.165) is 31.8 Å². The van der Waals surface area contributed by atoms with E-state index in [2.05, 4.69) is 31.1 Å². The summed E-state index contributed by atoms with van der Waals surface area (Å²) in [5, 5.41) is 0. The molecule has 0 aliphatic rings. The molecular formula is C15H25NO2. The molecule has 0 spiro atoms. The van der Waals surface area contributed by atoms with Crippen LogP contribution in [0.3, 0.4) is 0 Å². The lowest BCUT2D eigenvalue weighted by Crippen LogP contribution is -2.05. The second-order valence-electron chi connectivity index (χ2n) is 4.54. The molecule has 0 saturated carbocycles. The molecule has 0 unspecified atom stereocenters. The van der Waals surface area contributed by atoms with Crippen molar-refractivity contribution in [2.24, 2.45) is 0 Å². The first kappa shape index (κ1) is 14.8. The molecular weight excluding hydrogens is 226 g/mol. The summed E-state index contributed by atoms with van der Waals surface area (Å²) in [7, 11) is 1.74. The largest absolute Gasteiger partial charge is 0.498 e. The number of hydrogen-bond donors (Lipinski definition) is 0. The van der Waals surface area contributed by atoms with Gasteiger partial charge in [-0.2, -0.15) is 0 Å². The molecule has 0 N–H and O–H groups in total. The van der Waals surface area contributed by atoms with Crippen molar-refractivity contribution in [3.63, 3.8) is 0 Å². The van der Waals surface area contributed by atoms with Gasteiger partial charge in [0.15, 0.2) is 0 Å². The van der Waals surface area contributed by atoms with Crippen LogP contribution in [0, 0.1) is 13.8 Å². The van der Waals surface area contributed by atoms with E-state index in [-0.39, 0.29) is 0 Å². The zero-order valence-corrected chi connectivity index (χ0v) is 12.1. The molecule has 0 aliphatic heterocycles. The number of aromatic nitrogens is 1. The molecule has 0 amide bonds. The fraction of sp³-hybridized carbons (Fsp3) is 0.600. The average molecular weight is 251 g/mol. The van der Waals surface area contributed by atoms with Gasteiger partial charge in [-0.3, -0.25) is 0 Å². The van der Waals surface area contributed by atoms with E-state index in [9.17, 15) is 0 Å². The number of allylic oxidation sites excluding steroid dienone is 1. The van der Waals surface area contributed by atoms with Gasteiger partial charge >= 0.3 is 0 Å². The molecule has 0 atom stereocenters. The van der Waals surface area contributed by atoms with Gasteiger partial charge in [0.1, 0.15) is 0 Å². The Labute approximate surface area is 110 Å². The molecule has 102 valence electrons. The first-order valence-electron chi connectivity index (χ1n) is 6.55. The van der Waals surface area contributed by atoms with E-state index >= 15 is 0 Å². The van der Waals surface area contributed by atoms with Crippen molar-refractivity contribution in [3.8, 4) is 0 Å². The second kappa shape index (κ2) is 7.27. The summed E-state index contributed by atoms with van der Waals surface area (Å²) in [6, 6.07) is 2.23. The standard InChI is InChI=1S/C15H25NO2/c1-6-18-13(3)11-15-10-12(2)16(14(15)4)8-7-9-17-5/h10H,3,6-9,11H2,1-2,4-5H3. The number of ether oxygens (including phenoxy) is 2. The number of methoxy groups -OCH3 is 1. The third-order valence-corrected chi connectivity index (χ3v) is 3.14. The summed E-state index contributed by atoms with van der Waals surface area (Å²) in [5.41, 5.74) is 3.91. The van der Waals surface area contributed by atoms with Gasteiger partial charge in [0.2, 0.25) is 0 Å². The Morgan fingerprint density at radius 2 is 2.11 bits per heavy atom. The Hall–Kier alpha value is -1.22. The predicted molar refractivity (Wildman–Crippen MR) is 74.9 cm³/mol. The van der Waals surface area contributed by atoms with Gasteiger partial charge in [-0.05, 0) is 38.8 Å². The van der Waals surface area contributed by atoms with Gasteiger partial charge in [0, 0.05) is 38.1 Å². The van der Waals surface area contributed by atoms with Gasteiger partial charge in [0.25, 0.3) is 0 Å². The van der Waals surface area contributed by atoms with Gasteiger partial charge in [-0.25, -0.2) is 0 Å². The fourth-order valence-electron chi connectivity index (χ4n) is 2.23. The Morgan fingerprint density at radius 1 is 1.39 bits per heavy atom. The van der Waals surface area contributed by atoms with Crippen molar-refractivity contribution in [2.45, 2.75) is 40.2 Å². The highest BCUT2D eigenvalue weighted by molar-refractivity contribution is 5.29. The SMILES string of the molecule is C=C(Cc1cc(C)n(CCCOC)c1C)OCC. The predicted octanol–water partition coefficient (Wildman–Crippen LogP) is 3.23. The maximum Gasteiger partial charge on any atom is 0.0932 e. The van der Waals surface area contributed by atoms with Crippen LogP contribution in [-0.4, -0.2) is 24.9 Å². The van der Waals surface area contributed by atoms with E-state index < -0.39 is 0 Å². The van der Waals surface area contributed by atoms with Crippen LogP contribution in [0.2, 0.25) is 0 Å². The van der Waals surface area contributed by atoms with Crippen LogP contribution in [0.4, 0.5) is 0 Å². The minimum Gasteiger partial charge on any atom is -0.498 e. The summed E-state index contributed by atoms with van der Waals surface area (Å²) in [6.07, 6.45) is 1.84. The normalized spacial score (nSPS) is 10.7. The highest BCUT2D eigenvalue weighted by Crippen LogP contribution is 2.18. The molecule has 0 saturated heterocycles. The minimum atomic E-state index is 0.686. The van der Waals surface area contributed by atoms with Crippen molar-refractivity contribution in [1.82, 2.24) is 4.57 Å². The lowest BCUT2D eigenvalue weighted by Gasteiger charge is -2.10. The number of rotatable bonds is 8. The third-order valence-electron chi connectivity index (χ3n) is 3.14. The second-order valence-corrected chi connectivity index (χ2v) is 4.54. The molecule has 0 radical (unpaired) electrons. The zero-order valence-electron chi connectivity index (χ0n) is 12.1. The van der Waals surface area contributed by atoms with E-state index in [1.54, 1.807) is 7.11 Å². The summed E-state index contributed by atoms with van der Waals surface area (Å²) in [5.74, 6) is 0.842. The van der Waals surface area contributed by atoms with Crippen LogP contribution < -0.4 is 0 Å². The maximum atomic E-state index is 5.42. The third kappa shape index (κ3) is 3.91. The summed E-state index contributed by atoms with van der Waals surface area (Å²) < 4.78 is 12.9. The van der Waals surface area contributed by atoms with Gasteiger partial charge in [0.05, 0.1) is 12.4 Å². The van der Waals surface area contributed by atoms with Gasteiger partial charge in [-0.15, -0.1) is 0 Å². The monoisotopic (exact) mass is 251 g/mol. The van der Waals surface area contributed by atoms with Crippen LogP contribution in [0.25, 0.3) is 0 Å². The Bertz CT molecular complexity index is 393. The molecule has 0 bridgehead atoms. The highest BCUT2D eigenvalue weighted by atomic mass is 16.5. The highest BCUT2D eigenvalue weighted by Gasteiger charge is 2.10. The molecule has 0 aromatic carbocycles. The Kier molecular flexibility index (Phi) is 5.99. The molecule has 0 aliphatic carbocycles. The molecule has 1 heterocycles. The molecule has 3 nitrogen and oxygen atoms in total. The quantitative estimate of drug-likeness (QED) is 0.523. The Balaban J connectivity index is 2.70. The van der Waals surface area contributed by atoms with Crippen molar-refractivity contribution in [2.75, 3.05) is 20.3 Å². The van der Waals surface area contributed by atoms with E-state index in [1.807, 2.05) is 6.92 Å². The number of nitrogens with zero attached hydrogens (tertiary/aromatic N) is 1. The molecule has 1 aromatic rings. The summed E-state index contributed by atoms with van der Waals surface area (Å²) >= 11 is 0. The van der Waals surface area contributed by atoms with Crippen LogP contribution in [0.1, 0.15) is 30.3 Å². The number of aryl methyl sites for hydroxylation is 1. The van der Waals surface area contributed by atoms with Gasteiger partial charge in [-0.1, -0.05) is 6.58 Å². The van der Waals surface area contributed by atoms with Crippen LogP contribution in [0.5, 0.6) is 0 Å². The van der Waals surface area contributed by atoms with Crippen molar-refractivity contribution in [3.05, 3.63) is 35.4 Å².